The molecule has 0 saturated heterocycles. The lowest BCUT2D eigenvalue weighted by Gasteiger charge is -2.09. The summed E-state index contributed by atoms with van der Waals surface area (Å²) in [4.78, 5) is 23.0. The molecule has 24 heavy (non-hydrogen) atoms. The van der Waals surface area contributed by atoms with Crippen molar-refractivity contribution >= 4 is 23.2 Å². The van der Waals surface area contributed by atoms with Gasteiger partial charge in [-0.3, -0.25) is 9.59 Å². The number of carbonyl (C=O) groups excluding carboxylic acids is 2. The highest BCUT2D eigenvalue weighted by Crippen LogP contribution is 2.18. The molecule has 0 unspecified atom stereocenters. The average molecular weight is 328 g/mol. The largest absolute Gasteiger partial charge is 0.494 e. The molecular formula is C18H20N2O4. The average Bonchev–Trinajstić information content (AvgIpc) is 2.55. The van der Waals surface area contributed by atoms with E-state index in [2.05, 4.69) is 10.6 Å². The van der Waals surface area contributed by atoms with Crippen LogP contribution in [0.25, 0.3) is 0 Å². The number of ether oxygens (including phenoxy) is 2. The Balaban J connectivity index is 1.85. The van der Waals surface area contributed by atoms with Crippen LogP contribution in [0.2, 0.25) is 0 Å². The number of hydrogen-bond donors (Lipinski definition) is 2. The molecule has 2 aromatic carbocycles. The fourth-order valence-corrected chi connectivity index (χ4v) is 2.01. The topological polar surface area (TPSA) is 76.7 Å². The molecule has 0 atom stereocenters. The predicted molar refractivity (Wildman–Crippen MR) is 92.5 cm³/mol. The summed E-state index contributed by atoms with van der Waals surface area (Å²) in [5.41, 5.74) is 1.28. The quantitative estimate of drug-likeness (QED) is 0.819. The minimum atomic E-state index is -0.274. The maximum Gasteiger partial charge on any atom is 0.262 e. The van der Waals surface area contributed by atoms with Crippen LogP contribution in [-0.4, -0.2) is 25.0 Å². The van der Waals surface area contributed by atoms with Crippen molar-refractivity contribution in [3.8, 4) is 11.5 Å². The normalized spacial score (nSPS) is 9.92. The van der Waals surface area contributed by atoms with E-state index in [1.165, 1.54) is 6.92 Å². The standard InChI is InChI=1S/C18H20N2O4/c1-3-23-16-9-7-14(8-10-16)20-18(22)12-24-17-6-4-5-15(11-17)19-13(2)21/h4-11H,3,12H2,1-2H3,(H,19,21)(H,20,22). The maximum atomic E-state index is 11.9. The highest BCUT2D eigenvalue weighted by atomic mass is 16.5. The van der Waals surface area contributed by atoms with E-state index in [-0.39, 0.29) is 18.4 Å². The van der Waals surface area contributed by atoms with Gasteiger partial charge >= 0.3 is 0 Å². The lowest BCUT2D eigenvalue weighted by Crippen LogP contribution is -2.20. The molecule has 2 amide bonds. The van der Waals surface area contributed by atoms with Crippen molar-refractivity contribution in [2.75, 3.05) is 23.8 Å². The maximum absolute atomic E-state index is 11.9. The molecule has 0 heterocycles. The second kappa shape index (κ2) is 8.57. The van der Waals surface area contributed by atoms with Crippen molar-refractivity contribution in [3.05, 3.63) is 48.5 Å². The third-order valence-electron chi connectivity index (χ3n) is 2.97. The number of rotatable bonds is 7. The number of amides is 2. The summed E-state index contributed by atoms with van der Waals surface area (Å²) < 4.78 is 10.8. The Morgan fingerprint density at radius 1 is 0.917 bits per heavy atom. The minimum Gasteiger partial charge on any atom is -0.494 e. The smallest absolute Gasteiger partial charge is 0.262 e. The first-order valence-corrected chi connectivity index (χ1v) is 7.60. The van der Waals surface area contributed by atoms with E-state index in [1.807, 2.05) is 6.92 Å². The fourth-order valence-electron chi connectivity index (χ4n) is 2.01. The Bertz CT molecular complexity index is 698. The van der Waals surface area contributed by atoms with Gasteiger partial charge in [0, 0.05) is 24.4 Å². The van der Waals surface area contributed by atoms with Gasteiger partial charge in [0.2, 0.25) is 5.91 Å². The fraction of sp³-hybridized carbons (Fsp3) is 0.222. The lowest BCUT2D eigenvalue weighted by atomic mass is 10.3. The molecule has 0 aliphatic carbocycles. The van der Waals surface area contributed by atoms with Crippen molar-refractivity contribution in [1.29, 1.82) is 0 Å². The third-order valence-corrected chi connectivity index (χ3v) is 2.97. The molecule has 0 radical (unpaired) electrons. The van der Waals surface area contributed by atoms with Crippen molar-refractivity contribution in [2.24, 2.45) is 0 Å². The van der Waals surface area contributed by atoms with Crippen LogP contribution in [-0.2, 0) is 9.59 Å². The summed E-state index contributed by atoms with van der Waals surface area (Å²) >= 11 is 0. The van der Waals surface area contributed by atoms with E-state index >= 15 is 0 Å². The lowest BCUT2D eigenvalue weighted by molar-refractivity contribution is -0.118. The third kappa shape index (κ3) is 5.64. The second-order valence-electron chi connectivity index (χ2n) is 5.00. The van der Waals surface area contributed by atoms with Crippen LogP contribution < -0.4 is 20.1 Å². The van der Waals surface area contributed by atoms with Crippen LogP contribution in [0.3, 0.4) is 0 Å². The van der Waals surface area contributed by atoms with Gasteiger partial charge in [-0.2, -0.15) is 0 Å². The Hall–Kier alpha value is -3.02. The number of carbonyl (C=O) groups is 2. The molecule has 0 fully saturated rings. The van der Waals surface area contributed by atoms with Gasteiger partial charge in [-0.15, -0.1) is 0 Å². The summed E-state index contributed by atoms with van der Waals surface area (Å²) in [6.07, 6.45) is 0. The Morgan fingerprint density at radius 2 is 1.67 bits per heavy atom. The molecule has 2 N–H and O–H groups in total. The van der Waals surface area contributed by atoms with Gasteiger partial charge in [-0.1, -0.05) is 6.07 Å². The number of hydrogen-bond acceptors (Lipinski definition) is 4. The van der Waals surface area contributed by atoms with Crippen molar-refractivity contribution < 1.29 is 19.1 Å². The zero-order valence-corrected chi connectivity index (χ0v) is 13.7. The molecule has 0 bridgehead atoms. The summed E-state index contributed by atoms with van der Waals surface area (Å²) in [6.45, 7) is 3.81. The molecule has 0 saturated carbocycles. The van der Waals surface area contributed by atoms with Gasteiger partial charge in [0.25, 0.3) is 5.91 Å². The molecule has 0 aliphatic heterocycles. The van der Waals surface area contributed by atoms with Gasteiger partial charge < -0.3 is 20.1 Å². The van der Waals surface area contributed by atoms with Crippen molar-refractivity contribution in [1.82, 2.24) is 0 Å². The second-order valence-corrected chi connectivity index (χ2v) is 5.00. The van der Waals surface area contributed by atoms with Gasteiger partial charge in [-0.05, 0) is 43.3 Å². The van der Waals surface area contributed by atoms with E-state index in [4.69, 9.17) is 9.47 Å². The van der Waals surface area contributed by atoms with Gasteiger partial charge in [0.15, 0.2) is 6.61 Å². The Labute approximate surface area is 140 Å². The molecule has 0 spiro atoms. The van der Waals surface area contributed by atoms with Gasteiger partial charge in [0.05, 0.1) is 6.61 Å². The van der Waals surface area contributed by atoms with Gasteiger partial charge in [0.1, 0.15) is 11.5 Å². The summed E-state index contributed by atoms with van der Waals surface area (Å²) in [5.74, 6) is 0.814. The monoisotopic (exact) mass is 328 g/mol. The van der Waals surface area contributed by atoms with Crippen molar-refractivity contribution in [2.45, 2.75) is 13.8 Å². The van der Waals surface area contributed by atoms with E-state index in [0.717, 1.165) is 5.75 Å². The van der Waals surface area contributed by atoms with Crippen LogP contribution >= 0.6 is 0 Å². The SMILES string of the molecule is CCOc1ccc(NC(=O)COc2cccc(NC(C)=O)c2)cc1. The molecule has 2 rings (SSSR count). The molecular weight excluding hydrogens is 308 g/mol. The Kier molecular flexibility index (Phi) is 6.19. The zero-order chi connectivity index (χ0) is 17.4. The van der Waals surface area contributed by atoms with E-state index in [0.29, 0.717) is 23.7 Å². The van der Waals surface area contributed by atoms with E-state index in [1.54, 1.807) is 48.5 Å². The molecule has 6 heteroatoms. The molecule has 0 aliphatic rings. The first-order chi connectivity index (χ1) is 11.6. The summed E-state index contributed by atoms with van der Waals surface area (Å²) in [7, 11) is 0. The van der Waals surface area contributed by atoms with E-state index < -0.39 is 0 Å². The predicted octanol–water partition coefficient (Wildman–Crippen LogP) is 3.06. The number of benzene rings is 2. The van der Waals surface area contributed by atoms with Crippen LogP contribution in [0.1, 0.15) is 13.8 Å². The van der Waals surface area contributed by atoms with Crippen LogP contribution in [0, 0.1) is 0 Å². The minimum absolute atomic E-state index is 0.128. The van der Waals surface area contributed by atoms with Gasteiger partial charge in [-0.25, -0.2) is 0 Å². The zero-order valence-electron chi connectivity index (χ0n) is 13.7. The Morgan fingerprint density at radius 3 is 2.33 bits per heavy atom. The molecule has 6 nitrogen and oxygen atoms in total. The number of anilines is 2. The summed E-state index contributed by atoms with van der Waals surface area (Å²) in [6, 6.07) is 14.0. The molecule has 126 valence electrons. The van der Waals surface area contributed by atoms with Crippen molar-refractivity contribution in [3.63, 3.8) is 0 Å². The first-order valence-electron chi connectivity index (χ1n) is 7.60. The number of nitrogens with one attached hydrogen (secondary N) is 2. The van der Waals surface area contributed by atoms with Crippen LogP contribution in [0.15, 0.2) is 48.5 Å². The summed E-state index contributed by atoms with van der Waals surface area (Å²) in [5, 5.41) is 5.40. The van der Waals surface area contributed by atoms with Crippen LogP contribution in [0.5, 0.6) is 11.5 Å². The van der Waals surface area contributed by atoms with Crippen LogP contribution in [0.4, 0.5) is 11.4 Å². The molecule has 2 aromatic rings. The molecule has 0 aromatic heterocycles. The first kappa shape index (κ1) is 17.3. The highest BCUT2D eigenvalue weighted by Gasteiger charge is 2.05. The highest BCUT2D eigenvalue weighted by molar-refractivity contribution is 5.92. The van der Waals surface area contributed by atoms with E-state index in [9.17, 15) is 9.59 Å².